The van der Waals surface area contributed by atoms with E-state index >= 15 is 0 Å². The summed E-state index contributed by atoms with van der Waals surface area (Å²) in [5.74, 6) is 3.08. The molecule has 4 aliphatic rings. The summed E-state index contributed by atoms with van der Waals surface area (Å²) in [4.78, 5) is 23.6. The van der Waals surface area contributed by atoms with E-state index in [1.165, 1.54) is 32.1 Å². The quantitative estimate of drug-likeness (QED) is 0.602. The molecular formula is C21H26O3. The minimum atomic E-state index is -0.0527. The Kier molecular flexibility index (Phi) is 4.19. The minimum absolute atomic E-state index is 0.0527. The lowest BCUT2D eigenvalue weighted by Gasteiger charge is -2.53. The summed E-state index contributed by atoms with van der Waals surface area (Å²) in [6.45, 7) is 1.57. The van der Waals surface area contributed by atoms with E-state index in [1.807, 2.05) is 24.3 Å². The number of benzene rings is 1. The van der Waals surface area contributed by atoms with Crippen molar-refractivity contribution in [3.63, 3.8) is 0 Å². The molecule has 0 atom stereocenters. The topological polar surface area (TPSA) is 43.4 Å². The molecule has 0 heterocycles. The number of ether oxygens (including phenoxy) is 1. The molecule has 0 saturated heterocycles. The Bertz CT molecular complexity index is 603. The molecule has 4 saturated carbocycles. The summed E-state index contributed by atoms with van der Waals surface area (Å²) in [5, 5.41) is 0. The van der Waals surface area contributed by atoms with Crippen molar-refractivity contribution in [2.45, 2.75) is 58.0 Å². The molecule has 4 fully saturated rings. The summed E-state index contributed by atoms with van der Waals surface area (Å²) in [6.07, 6.45) is 7.82. The van der Waals surface area contributed by atoms with Gasteiger partial charge in [-0.25, -0.2) is 0 Å². The third-order valence-electron chi connectivity index (χ3n) is 6.39. The number of carbonyl (C=O) groups is 2. The van der Waals surface area contributed by atoms with Gasteiger partial charge in [0.25, 0.3) is 0 Å². The Morgan fingerprint density at radius 3 is 2.08 bits per heavy atom. The van der Waals surface area contributed by atoms with Gasteiger partial charge in [-0.05, 0) is 74.7 Å². The number of aryl methyl sites for hydroxylation is 1. The molecule has 0 aliphatic heterocycles. The average molecular weight is 326 g/mol. The summed E-state index contributed by atoms with van der Waals surface area (Å²) < 4.78 is 5.92. The van der Waals surface area contributed by atoms with E-state index in [4.69, 9.17) is 4.74 Å². The molecule has 4 aliphatic carbocycles. The van der Waals surface area contributed by atoms with E-state index < -0.39 is 0 Å². The monoisotopic (exact) mass is 326 g/mol. The maximum absolute atomic E-state index is 12.3. The molecule has 0 spiro atoms. The number of rotatable bonds is 5. The second-order valence-electron chi connectivity index (χ2n) is 8.14. The van der Waals surface area contributed by atoms with Crippen LogP contribution in [0, 0.1) is 23.7 Å². The number of ketones is 1. The van der Waals surface area contributed by atoms with Gasteiger partial charge < -0.3 is 4.74 Å². The van der Waals surface area contributed by atoms with Crippen LogP contribution in [0.4, 0.5) is 0 Å². The molecular weight excluding hydrogens is 300 g/mol. The number of Topliss-reactive ketones (excluding diaryl/α,β-unsaturated/α-hetero) is 1. The highest BCUT2D eigenvalue weighted by Gasteiger charge is 2.49. The van der Waals surface area contributed by atoms with Crippen molar-refractivity contribution in [3.8, 4) is 0 Å². The van der Waals surface area contributed by atoms with Gasteiger partial charge in [0.1, 0.15) is 6.10 Å². The van der Waals surface area contributed by atoms with Crippen LogP contribution in [0.3, 0.4) is 0 Å². The van der Waals surface area contributed by atoms with Gasteiger partial charge in [0.2, 0.25) is 0 Å². The fourth-order valence-corrected chi connectivity index (χ4v) is 5.43. The fraction of sp³-hybridized carbons (Fsp3) is 0.619. The molecule has 24 heavy (non-hydrogen) atoms. The normalized spacial score (nSPS) is 33.5. The van der Waals surface area contributed by atoms with E-state index in [0.29, 0.717) is 24.7 Å². The molecule has 1 aromatic rings. The van der Waals surface area contributed by atoms with Crippen molar-refractivity contribution >= 4 is 11.8 Å². The third kappa shape index (κ3) is 3.13. The Morgan fingerprint density at radius 1 is 0.958 bits per heavy atom. The van der Waals surface area contributed by atoms with Crippen molar-refractivity contribution in [3.05, 3.63) is 35.4 Å². The third-order valence-corrected chi connectivity index (χ3v) is 6.39. The van der Waals surface area contributed by atoms with E-state index in [0.717, 1.165) is 23.0 Å². The van der Waals surface area contributed by atoms with Crippen LogP contribution < -0.4 is 0 Å². The van der Waals surface area contributed by atoms with E-state index in [9.17, 15) is 9.59 Å². The lowest BCUT2D eigenvalue weighted by molar-refractivity contribution is -0.170. The molecule has 0 unspecified atom stereocenters. The predicted octanol–water partition coefficient (Wildman–Crippen LogP) is 4.19. The maximum atomic E-state index is 12.3. The van der Waals surface area contributed by atoms with Gasteiger partial charge >= 0.3 is 5.97 Å². The molecule has 128 valence electrons. The summed E-state index contributed by atoms with van der Waals surface area (Å²) in [6, 6.07) is 7.54. The zero-order chi connectivity index (χ0) is 16.7. The van der Waals surface area contributed by atoms with Gasteiger partial charge in [0.05, 0.1) is 0 Å². The van der Waals surface area contributed by atoms with Crippen LogP contribution in [0.1, 0.15) is 61.4 Å². The zero-order valence-corrected chi connectivity index (χ0v) is 14.4. The van der Waals surface area contributed by atoms with Crippen molar-refractivity contribution in [1.29, 1.82) is 0 Å². The van der Waals surface area contributed by atoms with Gasteiger partial charge in [-0.3, -0.25) is 9.59 Å². The van der Waals surface area contributed by atoms with Gasteiger partial charge in [-0.1, -0.05) is 24.3 Å². The number of carbonyl (C=O) groups excluding carboxylic acids is 2. The Labute approximate surface area is 143 Å². The summed E-state index contributed by atoms with van der Waals surface area (Å²) >= 11 is 0. The predicted molar refractivity (Wildman–Crippen MR) is 91.7 cm³/mol. The highest BCUT2D eigenvalue weighted by Crippen LogP contribution is 2.54. The fourth-order valence-electron chi connectivity index (χ4n) is 5.43. The standard InChI is InChI=1S/C21H26O3/c1-13(22)17-5-2-14(3-6-17)4-7-20(23)24-21-18-9-15-8-16(11-18)12-19(21)10-15/h2-3,5-6,15-16,18-19,21H,4,7-12H2,1H3. The van der Waals surface area contributed by atoms with Crippen LogP contribution in [-0.4, -0.2) is 17.9 Å². The highest BCUT2D eigenvalue weighted by molar-refractivity contribution is 5.94. The zero-order valence-electron chi connectivity index (χ0n) is 14.4. The highest BCUT2D eigenvalue weighted by atomic mass is 16.5. The Hall–Kier alpha value is -1.64. The van der Waals surface area contributed by atoms with Crippen LogP contribution in [0.25, 0.3) is 0 Å². The summed E-state index contributed by atoms with van der Waals surface area (Å²) in [7, 11) is 0. The first-order valence-electron chi connectivity index (χ1n) is 9.38. The molecule has 0 radical (unpaired) electrons. The van der Waals surface area contributed by atoms with E-state index in [2.05, 4.69) is 0 Å². The summed E-state index contributed by atoms with van der Waals surface area (Å²) in [5.41, 5.74) is 1.80. The van der Waals surface area contributed by atoms with Crippen LogP contribution in [0.2, 0.25) is 0 Å². The molecule has 0 N–H and O–H groups in total. The lowest BCUT2D eigenvalue weighted by Crippen LogP contribution is -2.50. The number of esters is 1. The molecule has 0 amide bonds. The Morgan fingerprint density at radius 2 is 1.54 bits per heavy atom. The van der Waals surface area contributed by atoms with E-state index in [1.54, 1.807) is 6.92 Å². The Balaban J connectivity index is 1.30. The molecule has 1 aromatic carbocycles. The van der Waals surface area contributed by atoms with Crippen LogP contribution in [0.5, 0.6) is 0 Å². The lowest BCUT2D eigenvalue weighted by atomic mass is 9.55. The SMILES string of the molecule is CC(=O)c1ccc(CCC(=O)OC2C3CC4CC(C3)CC2C4)cc1. The second kappa shape index (κ2) is 6.34. The minimum Gasteiger partial charge on any atom is -0.462 e. The van der Waals surface area contributed by atoms with Crippen molar-refractivity contribution in [2.24, 2.45) is 23.7 Å². The van der Waals surface area contributed by atoms with Gasteiger partial charge in [-0.2, -0.15) is 0 Å². The molecule has 4 bridgehead atoms. The maximum Gasteiger partial charge on any atom is 0.306 e. The smallest absolute Gasteiger partial charge is 0.306 e. The molecule has 0 aromatic heterocycles. The van der Waals surface area contributed by atoms with Gasteiger partial charge in [0, 0.05) is 12.0 Å². The first-order valence-corrected chi connectivity index (χ1v) is 9.38. The average Bonchev–Trinajstić information content (AvgIpc) is 2.56. The number of hydrogen-bond acceptors (Lipinski definition) is 3. The van der Waals surface area contributed by atoms with Crippen LogP contribution in [0.15, 0.2) is 24.3 Å². The second-order valence-corrected chi connectivity index (χ2v) is 8.14. The first-order chi connectivity index (χ1) is 11.6. The van der Waals surface area contributed by atoms with Gasteiger partial charge in [0.15, 0.2) is 5.78 Å². The molecule has 3 heteroatoms. The molecule has 5 rings (SSSR count). The van der Waals surface area contributed by atoms with Crippen LogP contribution in [-0.2, 0) is 16.0 Å². The van der Waals surface area contributed by atoms with Gasteiger partial charge in [-0.15, -0.1) is 0 Å². The van der Waals surface area contributed by atoms with Crippen molar-refractivity contribution < 1.29 is 14.3 Å². The largest absolute Gasteiger partial charge is 0.462 e. The number of hydrogen-bond donors (Lipinski definition) is 0. The van der Waals surface area contributed by atoms with Crippen molar-refractivity contribution in [2.75, 3.05) is 0 Å². The molecule has 3 nitrogen and oxygen atoms in total. The van der Waals surface area contributed by atoms with Crippen molar-refractivity contribution in [1.82, 2.24) is 0 Å². The van der Waals surface area contributed by atoms with Crippen LogP contribution >= 0.6 is 0 Å². The van der Waals surface area contributed by atoms with E-state index in [-0.39, 0.29) is 17.9 Å². The first kappa shape index (κ1) is 15.9.